The molecular formula is C15H18Cl2N2O. The molecule has 20 heavy (non-hydrogen) atoms. The maximum atomic E-state index is 11.3. The number of hydrogen-bond donors (Lipinski definition) is 2. The van der Waals surface area contributed by atoms with Crippen LogP contribution in [0.2, 0.25) is 10.0 Å². The normalized spacial score (nSPS) is 34.9. The third-order valence-electron chi connectivity index (χ3n) is 5.01. The van der Waals surface area contributed by atoms with Gasteiger partial charge in [-0.1, -0.05) is 36.2 Å². The minimum atomic E-state index is -0.248. The molecule has 1 amide bonds. The predicted molar refractivity (Wildman–Crippen MR) is 81.0 cm³/mol. The van der Waals surface area contributed by atoms with Gasteiger partial charge in [0.1, 0.15) is 0 Å². The van der Waals surface area contributed by atoms with Gasteiger partial charge in [0, 0.05) is 15.6 Å². The molecule has 3 nitrogen and oxygen atoms in total. The molecule has 3 N–H and O–H groups in total. The molecule has 2 fully saturated rings. The smallest absolute Gasteiger partial charge is 0.234 e. The Balaban J connectivity index is 1.69. The fourth-order valence-electron chi connectivity index (χ4n) is 3.66. The summed E-state index contributed by atoms with van der Waals surface area (Å²) in [6.45, 7) is 2.23. The highest BCUT2D eigenvalue weighted by atomic mass is 35.5. The lowest BCUT2D eigenvalue weighted by Crippen LogP contribution is -2.43. The van der Waals surface area contributed by atoms with Gasteiger partial charge in [-0.3, -0.25) is 10.1 Å². The molecule has 1 aromatic carbocycles. The Morgan fingerprint density at radius 1 is 1.50 bits per heavy atom. The highest BCUT2D eigenvalue weighted by molar-refractivity contribution is 6.35. The van der Waals surface area contributed by atoms with E-state index in [2.05, 4.69) is 12.2 Å². The first-order valence-corrected chi connectivity index (χ1v) is 7.62. The lowest BCUT2D eigenvalue weighted by Gasteiger charge is -2.18. The van der Waals surface area contributed by atoms with Gasteiger partial charge in [0.25, 0.3) is 0 Å². The quantitative estimate of drug-likeness (QED) is 0.898. The number of hydrogen-bond acceptors (Lipinski definition) is 2. The second kappa shape index (κ2) is 4.62. The second-order valence-corrected chi connectivity index (χ2v) is 7.20. The van der Waals surface area contributed by atoms with Crippen molar-refractivity contribution in [3.8, 4) is 0 Å². The summed E-state index contributed by atoms with van der Waals surface area (Å²) in [6.07, 6.45) is 3.80. The van der Waals surface area contributed by atoms with Gasteiger partial charge in [-0.25, -0.2) is 0 Å². The van der Waals surface area contributed by atoms with E-state index in [0.717, 1.165) is 31.2 Å². The van der Waals surface area contributed by atoms with Gasteiger partial charge in [-0.05, 0) is 48.8 Å². The van der Waals surface area contributed by atoms with E-state index in [1.54, 1.807) is 6.07 Å². The number of carbonyl (C=O) groups excluding carboxylic acids is 1. The van der Waals surface area contributed by atoms with Crippen molar-refractivity contribution >= 4 is 29.1 Å². The van der Waals surface area contributed by atoms with E-state index in [1.165, 1.54) is 0 Å². The Bertz CT molecular complexity index is 577. The average Bonchev–Trinajstić information content (AvgIpc) is 2.81. The first-order valence-electron chi connectivity index (χ1n) is 6.86. The molecule has 0 radical (unpaired) electrons. The minimum Gasteiger partial charge on any atom is -0.368 e. The molecule has 1 aromatic rings. The Labute approximate surface area is 128 Å². The number of nitrogens with one attached hydrogen (secondary N) is 1. The van der Waals surface area contributed by atoms with Gasteiger partial charge in [0.15, 0.2) is 0 Å². The zero-order valence-electron chi connectivity index (χ0n) is 11.4. The van der Waals surface area contributed by atoms with Crippen LogP contribution in [0.3, 0.4) is 0 Å². The molecule has 0 bridgehead atoms. The van der Waals surface area contributed by atoms with E-state index in [-0.39, 0.29) is 22.9 Å². The third-order valence-corrected chi connectivity index (χ3v) is 5.59. The van der Waals surface area contributed by atoms with Gasteiger partial charge >= 0.3 is 0 Å². The van der Waals surface area contributed by atoms with Crippen molar-refractivity contribution in [2.45, 2.75) is 44.2 Å². The molecule has 5 heteroatoms. The number of aryl methyl sites for hydroxylation is 1. The van der Waals surface area contributed by atoms with Crippen molar-refractivity contribution in [1.29, 1.82) is 0 Å². The van der Waals surface area contributed by atoms with Gasteiger partial charge in [0.2, 0.25) is 5.91 Å². The van der Waals surface area contributed by atoms with E-state index in [4.69, 9.17) is 28.9 Å². The lowest BCUT2D eigenvalue weighted by molar-refractivity contribution is -0.120. The fourth-order valence-corrected chi connectivity index (χ4v) is 4.16. The molecule has 1 aliphatic heterocycles. The van der Waals surface area contributed by atoms with Crippen LogP contribution in [0.5, 0.6) is 0 Å². The Kier molecular flexibility index (Phi) is 3.27. The molecule has 3 atom stereocenters. The molecule has 3 rings (SSSR count). The third kappa shape index (κ3) is 2.22. The molecular weight excluding hydrogens is 295 g/mol. The molecule has 1 saturated heterocycles. The van der Waals surface area contributed by atoms with Crippen molar-refractivity contribution in [3.05, 3.63) is 33.8 Å². The van der Waals surface area contributed by atoms with E-state index >= 15 is 0 Å². The van der Waals surface area contributed by atoms with Crippen LogP contribution >= 0.6 is 23.2 Å². The molecule has 1 heterocycles. The van der Waals surface area contributed by atoms with Crippen LogP contribution in [0.15, 0.2) is 18.2 Å². The van der Waals surface area contributed by atoms with Crippen LogP contribution in [0.1, 0.15) is 31.7 Å². The maximum Gasteiger partial charge on any atom is 0.234 e. The van der Waals surface area contributed by atoms with Crippen molar-refractivity contribution in [2.75, 3.05) is 0 Å². The molecule has 0 spiro atoms. The number of fused-ring (bicyclic) bond motifs is 1. The average molecular weight is 313 g/mol. The Hall–Kier alpha value is -0.770. The van der Waals surface area contributed by atoms with Crippen molar-refractivity contribution in [3.63, 3.8) is 0 Å². The highest BCUT2D eigenvalue weighted by Gasteiger charge is 2.69. The first-order chi connectivity index (χ1) is 9.35. The van der Waals surface area contributed by atoms with Gasteiger partial charge < -0.3 is 5.73 Å². The highest BCUT2D eigenvalue weighted by Crippen LogP contribution is 2.65. The molecule has 3 unspecified atom stereocenters. The summed E-state index contributed by atoms with van der Waals surface area (Å²) >= 11 is 12.1. The number of halogens is 2. The number of amides is 1. The SMILES string of the molecule is CC12CC(C(N)=O)NC1(CCc1ccc(Cl)cc1Cl)C2. The van der Waals surface area contributed by atoms with Gasteiger partial charge in [-0.15, -0.1) is 0 Å². The van der Waals surface area contributed by atoms with Crippen molar-refractivity contribution < 1.29 is 4.79 Å². The van der Waals surface area contributed by atoms with Gasteiger partial charge in [0.05, 0.1) is 6.04 Å². The number of piperidine rings is 1. The van der Waals surface area contributed by atoms with E-state index in [1.807, 2.05) is 12.1 Å². The van der Waals surface area contributed by atoms with Gasteiger partial charge in [-0.2, -0.15) is 0 Å². The predicted octanol–water partition coefficient (Wildman–Crippen LogP) is 2.92. The molecule has 1 aliphatic carbocycles. The Morgan fingerprint density at radius 2 is 2.25 bits per heavy atom. The maximum absolute atomic E-state index is 11.3. The van der Waals surface area contributed by atoms with E-state index in [0.29, 0.717) is 10.0 Å². The molecule has 108 valence electrons. The molecule has 1 saturated carbocycles. The van der Waals surface area contributed by atoms with Crippen LogP contribution in [-0.2, 0) is 11.2 Å². The molecule has 2 aliphatic rings. The number of rotatable bonds is 4. The molecule has 0 aromatic heterocycles. The van der Waals surface area contributed by atoms with Crippen molar-refractivity contribution in [1.82, 2.24) is 5.32 Å². The number of benzene rings is 1. The fraction of sp³-hybridized carbons (Fsp3) is 0.533. The summed E-state index contributed by atoms with van der Waals surface area (Å²) in [5, 5.41) is 4.80. The second-order valence-electron chi connectivity index (χ2n) is 6.36. The first kappa shape index (κ1) is 14.2. The number of nitrogens with two attached hydrogens (primary N) is 1. The standard InChI is InChI=1S/C15H18Cl2N2O/c1-14-7-12(13(18)20)19-15(14,8-14)5-4-9-2-3-10(16)6-11(9)17/h2-3,6,12,19H,4-5,7-8H2,1H3,(H2,18,20). The summed E-state index contributed by atoms with van der Waals surface area (Å²) in [4.78, 5) is 11.3. The number of primary amides is 1. The van der Waals surface area contributed by atoms with Crippen LogP contribution in [0, 0.1) is 5.41 Å². The van der Waals surface area contributed by atoms with Crippen LogP contribution in [0.25, 0.3) is 0 Å². The number of carbonyl (C=O) groups is 1. The van der Waals surface area contributed by atoms with Crippen LogP contribution in [0.4, 0.5) is 0 Å². The summed E-state index contributed by atoms with van der Waals surface area (Å²) in [5.74, 6) is -0.248. The summed E-state index contributed by atoms with van der Waals surface area (Å²) in [6, 6.07) is 5.42. The van der Waals surface area contributed by atoms with Crippen LogP contribution in [-0.4, -0.2) is 17.5 Å². The minimum absolute atomic E-state index is 0.0513. The van der Waals surface area contributed by atoms with E-state index in [9.17, 15) is 4.79 Å². The summed E-state index contributed by atoms with van der Waals surface area (Å²) < 4.78 is 0. The lowest BCUT2D eigenvalue weighted by atomic mass is 9.95. The zero-order valence-corrected chi connectivity index (χ0v) is 12.9. The summed E-state index contributed by atoms with van der Waals surface area (Å²) in [5.41, 5.74) is 6.76. The van der Waals surface area contributed by atoms with E-state index < -0.39 is 0 Å². The topological polar surface area (TPSA) is 55.1 Å². The summed E-state index contributed by atoms with van der Waals surface area (Å²) in [7, 11) is 0. The Morgan fingerprint density at radius 3 is 2.85 bits per heavy atom. The monoisotopic (exact) mass is 312 g/mol. The largest absolute Gasteiger partial charge is 0.368 e. The van der Waals surface area contributed by atoms with Crippen LogP contribution < -0.4 is 11.1 Å². The zero-order chi connectivity index (χ0) is 14.5. The van der Waals surface area contributed by atoms with Crippen molar-refractivity contribution in [2.24, 2.45) is 11.1 Å².